The number of aromatic nitrogens is 1. The van der Waals surface area contributed by atoms with Crippen LogP contribution in [0.3, 0.4) is 0 Å². The molecule has 0 aliphatic rings. The van der Waals surface area contributed by atoms with Crippen LogP contribution in [0, 0.1) is 0 Å². The number of hydrogen-bond acceptors (Lipinski definition) is 3. The molecule has 0 radical (unpaired) electrons. The van der Waals surface area contributed by atoms with Crippen LogP contribution in [0.4, 0.5) is 17.1 Å². The molecule has 0 spiro atoms. The molecule has 11 aromatic rings. The zero-order valence-electron chi connectivity index (χ0n) is 26.9. The average Bonchev–Trinajstić information content (AvgIpc) is 3.85. The topological polar surface area (TPSA) is 8.17 Å². The molecule has 4 heteroatoms. The van der Waals surface area contributed by atoms with Crippen molar-refractivity contribution in [2.45, 2.75) is 0 Å². The average molecular weight is 673 g/mol. The van der Waals surface area contributed by atoms with Crippen LogP contribution < -0.4 is 4.90 Å². The maximum Gasteiger partial charge on any atom is 0.0556 e. The quantitative estimate of drug-likeness (QED) is 0.181. The van der Waals surface area contributed by atoms with E-state index in [1.165, 1.54) is 72.9 Å². The minimum absolute atomic E-state index is 1.12. The second-order valence-corrected chi connectivity index (χ2v) is 15.0. The third-order valence-corrected chi connectivity index (χ3v) is 12.5. The number of thiophene rings is 2. The summed E-state index contributed by atoms with van der Waals surface area (Å²) in [5.41, 5.74) is 7.05. The van der Waals surface area contributed by atoms with Crippen LogP contribution in [-0.4, -0.2) is 4.57 Å². The van der Waals surface area contributed by atoms with Gasteiger partial charge in [-0.3, -0.25) is 0 Å². The smallest absolute Gasteiger partial charge is 0.0556 e. The van der Waals surface area contributed by atoms with E-state index < -0.39 is 0 Å². The number of benzene rings is 8. The fourth-order valence-electron chi connectivity index (χ4n) is 8.02. The van der Waals surface area contributed by atoms with Crippen molar-refractivity contribution in [2.24, 2.45) is 0 Å². The lowest BCUT2D eigenvalue weighted by molar-refractivity contribution is 1.18. The number of rotatable bonds is 4. The Bertz CT molecular complexity index is 3090. The van der Waals surface area contributed by atoms with Crippen LogP contribution in [0.2, 0.25) is 0 Å². The lowest BCUT2D eigenvalue weighted by Gasteiger charge is -2.27. The summed E-state index contributed by atoms with van der Waals surface area (Å²) in [6.07, 6.45) is 0. The molecule has 8 aromatic carbocycles. The third kappa shape index (κ3) is 4.01. The molecule has 234 valence electrons. The highest BCUT2D eigenvalue weighted by atomic mass is 32.1. The van der Waals surface area contributed by atoms with Gasteiger partial charge in [0.05, 0.1) is 16.7 Å². The van der Waals surface area contributed by atoms with E-state index in [1.807, 2.05) is 22.7 Å². The maximum atomic E-state index is 2.48. The molecule has 3 aromatic heterocycles. The van der Waals surface area contributed by atoms with Gasteiger partial charge in [-0.25, -0.2) is 0 Å². The number of para-hydroxylation sites is 1. The van der Waals surface area contributed by atoms with Gasteiger partial charge in [0.25, 0.3) is 0 Å². The summed E-state index contributed by atoms with van der Waals surface area (Å²) in [6, 6.07) is 62.1. The summed E-state index contributed by atoms with van der Waals surface area (Å²) >= 11 is 3.81. The van der Waals surface area contributed by atoms with Gasteiger partial charge in [-0.2, -0.15) is 0 Å². The predicted octanol–water partition coefficient (Wildman–Crippen LogP) is 14.1. The Morgan fingerprint density at radius 3 is 1.86 bits per heavy atom. The van der Waals surface area contributed by atoms with Crippen molar-refractivity contribution >= 4 is 113 Å². The van der Waals surface area contributed by atoms with E-state index in [2.05, 4.69) is 179 Å². The van der Waals surface area contributed by atoms with Gasteiger partial charge in [0.2, 0.25) is 0 Å². The van der Waals surface area contributed by atoms with Gasteiger partial charge in [-0.05, 0) is 78.2 Å². The summed E-state index contributed by atoms with van der Waals surface area (Å²) in [4.78, 5) is 2.37. The van der Waals surface area contributed by atoms with Crippen LogP contribution in [0.15, 0.2) is 170 Å². The van der Waals surface area contributed by atoms with E-state index in [0.29, 0.717) is 0 Å². The Balaban J connectivity index is 1.19. The monoisotopic (exact) mass is 672 g/mol. The lowest BCUT2D eigenvalue weighted by Crippen LogP contribution is -2.10. The van der Waals surface area contributed by atoms with Crippen molar-refractivity contribution in [1.29, 1.82) is 0 Å². The van der Waals surface area contributed by atoms with Crippen LogP contribution in [0.1, 0.15) is 0 Å². The minimum atomic E-state index is 1.12. The molecule has 0 unspecified atom stereocenters. The second-order valence-electron chi connectivity index (χ2n) is 12.9. The fraction of sp³-hybridized carbons (Fsp3) is 0. The van der Waals surface area contributed by atoms with Crippen LogP contribution in [0.25, 0.3) is 78.6 Å². The first-order chi connectivity index (χ1) is 24.8. The van der Waals surface area contributed by atoms with Gasteiger partial charge in [0.15, 0.2) is 0 Å². The molecule has 2 nitrogen and oxygen atoms in total. The Morgan fingerprint density at radius 2 is 1.02 bits per heavy atom. The van der Waals surface area contributed by atoms with E-state index in [0.717, 1.165) is 22.7 Å². The molecule has 50 heavy (non-hydrogen) atoms. The molecule has 0 fully saturated rings. The van der Waals surface area contributed by atoms with Crippen molar-refractivity contribution in [3.8, 4) is 5.69 Å². The summed E-state index contributed by atoms with van der Waals surface area (Å²) in [5.74, 6) is 0. The highest BCUT2D eigenvalue weighted by Crippen LogP contribution is 2.48. The first kappa shape index (κ1) is 28.0. The van der Waals surface area contributed by atoms with Crippen molar-refractivity contribution in [2.75, 3.05) is 4.90 Å². The van der Waals surface area contributed by atoms with Crippen molar-refractivity contribution < 1.29 is 0 Å². The molecule has 0 amide bonds. The molecule has 0 aliphatic heterocycles. The van der Waals surface area contributed by atoms with Gasteiger partial charge >= 0.3 is 0 Å². The van der Waals surface area contributed by atoms with Crippen molar-refractivity contribution in [3.05, 3.63) is 170 Å². The lowest BCUT2D eigenvalue weighted by atomic mass is 10.0. The maximum absolute atomic E-state index is 2.48. The summed E-state index contributed by atoms with van der Waals surface area (Å²) < 4.78 is 7.84. The highest BCUT2D eigenvalue weighted by molar-refractivity contribution is 7.27. The Labute approximate surface area is 296 Å². The highest BCUT2D eigenvalue weighted by Gasteiger charge is 2.22. The first-order valence-corrected chi connectivity index (χ1v) is 18.6. The number of hydrogen-bond donors (Lipinski definition) is 0. The molecule has 0 bridgehead atoms. The molecule has 0 saturated heterocycles. The molecule has 11 rings (SSSR count). The van der Waals surface area contributed by atoms with E-state index in [-0.39, 0.29) is 0 Å². The van der Waals surface area contributed by atoms with Crippen LogP contribution in [0.5, 0.6) is 0 Å². The third-order valence-electron chi connectivity index (χ3n) is 10.2. The van der Waals surface area contributed by atoms with E-state index >= 15 is 0 Å². The van der Waals surface area contributed by atoms with Crippen molar-refractivity contribution in [3.63, 3.8) is 0 Å². The van der Waals surface area contributed by atoms with E-state index in [9.17, 15) is 0 Å². The molecular formula is C46H28N2S2. The first-order valence-electron chi connectivity index (χ1n) is 16.9. The fourth-order valence-corrected chi connectivity index (χ4v) is 10.4. The number of nitrogens with zero attached hydrogens (tertiary/aromatic N) is 2. The summed E-state index contributed by atoms with van der Waals surface area (Å²) in [5, 5.41) is 10.5. The van der Waals surface area contributed by atoms with E-state index in [4.69, 9.17) is 0 Å². The molecule has 0 aliphatic carbocycles. The van der Waals surface area contributed by atoms with Gasteiger partial charge < -0.3 is 9.47 Å². The van der Waals surface area contributed by atoms with Crippen LogP contribution >= 0.6 is 22.7 Å². The van der Waals surface area contributed by atoms with Gasteiger partial charge in [-0.15, -0.1) is 22.7 Å². The SMILES string of the molecule is c1ccc(N(c2ccc(-n3c4ccc5c6ccccc6sc5c4c4c5c(ccc43)sc3ccccc35)cc2)c2cccc3ccccc23)cc1. The number of fused-ring (bicyclic) bond motifs is 12. The molecule has 0 atom stereocenters. The standard InChI is InChI=1S/C46H28N2S2/c1-2-13-30(14-3-1)47(37-18-10-12-29-11-4-5-15-33(29)37)31-21-23-32(24-22-31)48-38-27-28-42-43(36-17-7-9-20-41(36)49-42)44(38)45-39(48)26-25-35-34-16-6-8-19-40(34)50-46(35)45/h1-28H. The molecular weight excluding hydrogens is 645 g/mol. The predicted molar refractivity (Wildman–Crippen MR) is 219 cm³/mol. The Morgan fingerprint density at radius 1 is 0.380 bits per heavy atom. The van der Waals surface area contributed by atoms with E-state index in [1.54, 1.807) is 0 Å². The Hall–Kier alpha value is -5.94. The van der Waals surface area contributed by atoms with Crippen molar-refractivity contribution in [1.82, 2.24) is 4.57 Å². The Kier molecular flexibility index (Phi) is 6.03. The summed E-state index contributed by atoms with van der Waals surface area (Å²) in [7, 11) is 0. The normalized spacial score (nSPS) is 12.0. The zero-order chi connectivity index (χ0) is 32.8. The minimum Gasteiger partial charge on any atom is -0.310 e. The van der Waals surface area contributed by atoms with Gasteiger partial charge in [0.1, 0.15) is 0 Å². The second kappa shape index (κ2) is 10.8. The summed E-state index contributed by atoms with van der Waals surface area (Å²) in [6.45, 7) is 0. The number of anilines is 3. The largest absolute Gasteiger partial charge is 0.310 e. The zero-order valence-corrected chi connectivity index (χ0v) is 28.5. The van der Waals surface area contributed by atoms with Gasteiger partial charge in [-0.1, -0.05) is 97.1 Å². The van der Waals surface area contributed by atoms with Gasteiger partial charge in [0, 0.05) is 73.6 Å². The van der Waals surface area contributed by atoms with Crippen LogP contribution in [-0.2, 0) is 0 Å². The molecule has 3 heterocycles. The molecule has 0 saturated carbocycles. The molecule has 0 N–H and O–H groups in total.